The second kappa shape index (κ2) is 11.4. The lowest BCUT2D eigenvalue weighted by molar-refractivity contribution is 0.123. The summed E-state index contributed by atoms with van der Waals surface area (Å²) in [6, 6.07) is 12.4. The Morgan fingerprint density at radius 1 is 1.06 bits per heavy atom. The second-order valence-corrected chi connectivity index (χ2v) is 9.65. The van der Waals surface area contributed by atoms with Gasteiger partial charge in [-0.15, -0.1) is 0 Å². The predicted octanol–water partition coefficient (Wildman–Crippen LogP) is 5.47. The molecule has 0 spiro atoms. The Labute approximate surface area is 200 Å². The number of halogens is 2. The Morgan fingerprint density at radius 3 is 2.65 bits per heavy atom. The van der Waals surface area contributed by atoms with Gasteiger partial charge >= 0.3 is 6.03 Å². The molecule has 1 heterocycles. The van der Waals surface area contributed by atoms with Crippen LogP contribution in [0.5, 0.6) is 0 Å². The molecular formula is C27H32F2N4O. The first-order valence-corrected chi connectivity index (χ1v) is 12.2. The van der Waals surface area contributed by atoms with Crippen LogP contribution in [-0.2, 0) is 6.42 Å². The minimum Gasteiger partial charge on any atom is -0.335 e. The summed E-state index contributed by atoms with van der Waals surface area (Å²) in [5.41, 5.74) is 1.50. The summed E-state index contributed by atoms with van der Waals surface area (Å²) in [5.74, 6) is 0.149. The van der Waals surface area contributed by atoms with Crippen molar-refractivity contribution in [3.05, 3.63) is 65.2 Å². The molecule has 1 aliphatic carbocycles. The largest absolute Gasteiger partial charge is 0.335 e. The third-order valence-corrected chi connectivity index (χ3v) is 7.10. The summed E-state index contributed by atoms with van der Waals surface area (Å²) in [7, 11) is 0. The van der Waals surface area contributed by atoms with Crippen molar-refractivity contribution in [3.63, 3.8) is 0 Å². The van der Waals surface area contributed by atoms with Crippen LogP contribution in [0.25, 0.3) is 0 Å². The highest BCUT2D eigenvalue weighted by molar-refractivity contribution is 5.89. The van der Waals surface area contributed by atoms with Gasteiger partial charge in [0.2, 0.25) is 0 Å². The van der Waals surface area contributed by atoms with E-state index in [0.717, 1.165) is 51.7 Å². The van der Waals surface area contributed by atoms with Crippen LogP contribution in [0.15, 0.2) is 42.5 Å². The van der Waals surface area contributed by atoms with Crippen LogP contribution >= 0.6 is 0 Å². The molecule has 4 rings (SSSR count). The molecule has 34 heavy (non-hydrogen) atoms. The number of likely N-dealkylation sites (tertiary alicyclic amines) is 1. The Bertz CT molecular complexity index is 1020. The fraction of sp³-hybridized carbons (Fsp3) is 0.481. The number of benzene rings is 2. The van der Waals surface area contributed by atoms with Gasteiger partial charge < -0.3 is 15.5 Å². The molecule has 0 radical (unpaired) electrons. The van der Waals surface area contributed by atoms with E-state index in [1.807, 2.05) is 12.1 Å². The maximum absolute atomic E-state index is 13.5. The molecule has 3 atom stereocenters. The Kier molecular flexibility index (Phi) is 8.12. The van der Waals surface area contributed by atoms with Gasteiger partial charge in [0.15, 0.2) is 0 Å². The average molecular weight is 467 g/mol. The second-order valence-electron chi connectivity index (χ2n) is 9.65. The third-order valence-electron chi connectivity index (χ3n) is 7.10. The van der Waals surface area contributed by atoms with E-state index in [1.54, 1.807) is 6.07 Å². The fourth-order valence-electron chi connectivity index (χ4n) is 5.41. The van der Waals surface area contributed by atoms with Crippen molar-refractivity contribution in [3.8, 4) is 6.07 Å². The van der Waals surface area contributed by atoms with Crippen LogP contribution < -0.4 is 10.6 Å². The number of amides is 2. The summed E-state index contributed by atoms with van der Waals surface area (Å²) >= 11 is 0. The first-order valence-electron chi connectivity index (χ1n) is 12.2. The summed E-state index contributed by atoms with van der Waals surface area (Å²) in [6.45, 7) is 3.06. The molecule has 2 amide bonds. The normalized spacial score (nSPS) is 23.1. The molecule has 1 saturated heterocycles. The summed E-state index contributed by atoms with van der Waals surface area (Å²) < 4.78 is 26.8. The number of piperidine rings is 1. The molecule has 0 unspecified atom stereocenters. The molecule has 0 bridgehead atoms. The SMILES string of the molecule is N#Cc1cc(NC(=O)N[C@@H]2CCCC[C@H]2CN2CCC[C@@H](Cc3ccc(F)cc3)C2)ccc1F. The summed E-state index contributed by atoms with van der Waals surface area (Å²) in [4.78, 5) is 15.2. The first kappa shape index (κ1) is 24.2. The lowest BCUT2D eigenvalue weighted by Crippen LogP contribution is -2.49. The molecule has 2 fully saturated rings. The van der Waals surface area contributed by atoms with Crippen LogP contribution in [0.4, 0.5) is 19.3 Å². The molecule has 180 valence electrons. The van der Waals surface area contributed by atoms with E-state index in [-0.39, 0.29) is 23.5 Å². The highest BCUT2D eigenvalue weighted by atomic mass is 19.1. The minimum absolute atomic E-state index is 0.0853. The van der Waals surface area contributed by atoms with E-state index >= 15 is 0 Å². The number of nitriles is 1. The van der Waals surface area contributed by atoms with Gasteiger partial charge in [0.25, 0.3) is 0 Å². The molecule has 5 nitrogen and oxygen atoms in total. The number of nitrogens with zero attached hydrogens (tertiary/aromatic N) is 2. The van der Waals surface area contributed by atoms with Crippen LogP contribution in [0.2, 0.25) is 0 Å². The number of carbonyl (C=O) groups is 1. The highest BCUT2D eigenvalue weighted by Crippen LogP contribution is 2.28. The molecule has 7 heteroatoms. The molecule has 2 aromatic rings. The van der Waals surface area contributed by atoms with E-state index in [2.05, 4.69) is 15.5 Å². The van der Waals surface area contributed by atoms with E-state index in [0.29, 0.717) is 17.5 Å². The van der Waals surface area contributed by atoms with Crippen molar-refractivity contribution in [2.75, 3.05) is 25.0 Å². The minimum atomic E-state index is -0.597. The van der Waals surface area contributed by atoms with Gasteiger partial charge in [-0.1, -0.05) is 25.0 Å². The highest BCUT2D eigenvalue weighted by Gasteiger charge is 2.30. The summed E-state index contributed by atoms with van der Waals surface area (Å²) in [6.07, 6.45) is 7.59. The predicted molar refractivity (Wildman–Crippen MR) is 128 cm³/mol. The van der Waals surface area contributed by atoms with Gasteiger partial charge in [-0.25, -0.2) is 13.6 Å². The Hall–Kier alpha value is -2.98. The van der Waals surface area contributed by atoms with Crippen LogP contribution in [-0.4, -0.2) is 36.6 Å². The van der Waals surface area contributed by atoms with Crippen LogP contribution in [0.1, 0.15) is 49.7 Å². The number of nitrogens with one attached hydrogen (secondary N) is 2. The van der Waals surface area contributed by atoms with E-state index in [1.165, 1.54) is 48.7 Å². The van der Waals surface area contributed by atoms with E-state index in [9.17, 15) is 13.6 Å². The van der Waals surface area contributed by atoms with Crippen LogP contribution in [0.3, 0.4) is 0 Å². The summed E-state index contributed by atoms with van der Waals surface area (Å²) in [5, 5.41) is 14.9. The van der Waals surface area contributed by atoms with E-state index in [4.69, 9.17) is 5.26 Å². The number of rotatable bonds is 6. The zero-order valence-electron chi connectivity index (χ0n) is 19.4. The maximum Gasteiger partial charge on any atom is 0.319 e. The Balaban J connectivity index is 1.31. The van der Waals surface area contributed by atoms with Gasteiger partial charge in [-0.3, -0.25) is 0 Å². The van der Waals surface area contributed by atoms with Gasteiger partial charge in [0.1, 0.15) is 17.7 Å². The van der Waals surface area contributed by atoms with Crippen molar-refractivity contribution >= 4 is 11.7 Å². The maximum atomic E-state index is 13.5. The van der Waals surface area contributed by atoms with Crippen LogP contribution in [0, 0.1) is 34.8 Å². The van der Waals surface area contributed by atoms with E-state index < -0.39 is 5.82 Å². The third kappa shape index (κ3) is 6.54. The smallest absolute Gasteiger partial charge is 0.319 e. The zero-order valence-corrected chi connectivity index (χ0v) is 19.4. The van der Waals surface area contributed by atoms with Gasteiger partial charge in [0, 0.05) is 24.8 Å². The molecular weight excluding hydrogens is 434 g/mol. The lowest BCUT2D eigenvalue weighted by Gasteiger charge is -2.39. The van der Waals surface area contributed by atoms with Crippen molar-refractivity contribution in [1.82, 2.24) is 10.2 Å². The van der Waals surface area contributed by atoms with Gasteiger partial charge in [-0.2, -0.15) is 5.26 Å². The average Bonchev–Trinajstić information content (AvgIpc) is 2.83. The number of carbonyl (C=O) groups excluding carboxylic acids is 1. The number of urea groups is 1. The molecule has 0 aromatic heterocycles. The zero-order chi connectivity index (χ0) is 23.9. The van der Waals surface area contributed by atoms with Crippen molar-refractivity contribution in [2.45, 2.75) is 51.0 Å². The fourth-order valence-corrected chi connectivity index (χ4v) is 5.41. The topological polar surface area (TPSA) is 68.2 Å². The van der Waals surface area contributed by atoms with Crippen molar-refractivity contribution in [1.29, 1.82) is 5.26 Å². The van der Waals surface area contributed by atoms with Crippen molar-refractivity contribution < 1.29 is 13.6 Å². The van der Waals surface area contributed by atoms with Crippen molar-refractivity contribution in [2.24, 2.45) is 11.8 Å². The standard InChI is InChI=1S/C27H32F2N4O/c28-23-9-7-19(8-10-23)14-20-4-3-13-33(17-20)18-21-5-1-2-6-26(21)32-27(34)31-24-11-12-25(29)22(15-24)16-30/h7-12,15,20-21,26H,1-6,13-14,17-18H2,(H2,31,32,34)/t20-,21-,26+/m0/s1. The van der Waals surface area contributed by atoms with Gasteiger partial charge in [0.05, 0.1) is 5.56 Å². The quantitative estimate of drug-likeness (QED) is 0.593. The number of hydrogen-bond acceptors (Lipinski definition) is 3. The monoisotopic (exact) mass is 466 g/mol. The molecule has 1 aliphatic heterocycles. The molecule has 1 saturated carbocycles. The molecule has 2 N–H and O–H groups in total. The lowest BCUT2D eigenvalue weighted by atomic mass is 9.83. The van der Waals surface area contributed by atoms with Gasteiger partial charge in [-0.05, 0) is 86.4 Å². The molecule has 2 aromatic carbocycles. The Morgan fingerprint density at radius 2 is 1.85 bits per heavy atom. The number of anilines is 1. The molecule has 2 aliphatic rings. The first-order chi connectivity index (χ1) is 16.5. The number of hydrogen-bond donors (Lipinski definition) is 2.